The van der Waals surface area contributed by atoms with Gasteiger partial charge >= 0.3 is 5.97 Å². The number of benzene rings is 1. The van der Waals surface area contributed by atoms with Gasteiger partial charge < -0.3 is 14.8 Å². The normalized spacial score (nSPS) is 18.8. The quantitative estimate of drug-likeness (QED) is 0.676. The van der Waals surface area contributed by atoms with Gasteiger partial charge in [0, 0.05) is 17.1 Å². The van der Waals surface area contributed by atoms with Crippen molar-refractivity contribution >= 4 is 35.4 Å². The molecule has 0 bridgehead atoms. The number of amides is 1. The van der Waals surface area contributed by atoms with Crippen LogP contribution in [0.2, 0.25) is 0 Å². The number of rotatable bonds is 7. The zero-order valence-electron chi connectivity index (χ0n) is 15.6. The first kappa shape index (κ1) is 20.9. The first-order chi connectivity index (χ1) is 13.6. The second-order valence-electron chi connectivity index (χ2n) is 6.86. The number of ether oxygens (including phenoxy) is 2. The van der Waals surface area contributed by atoms with E-state index in [-0.39, 0.29) is 6.61 Å². The van der Waals surface area contributed by atoms with Crippen LogP contribution in [0.25, 0.3) is 0 Å². The predicted molar refractivity (Wildman–Crippen MR) is 110 cm³/mol. The topological polar surface area (TPSA) is 88.4 Å². The average molecular weight is 421 g/mol. The van der Waals surface area contributed by atoms with Crippen LogP contribution in [0.4, 0.5) is 0 Å². The minimum absolute atomic E-state index is 0.254. The van der Waals surface area contributed by atoms with Crippen molar-refractivity contribution in [1.29, 1.82) is 5.26 Å². The van der Waals surface area contributed by atoms with Gasteiger partial charge in [-0.25, -0.2) is 4.79 Å². The van der Waals surface area contributed by atoms with Crippen LogP contribution in [-0.2, 0) is 14.3 Å². The lowest BCUT2D eigenvalue weighted by Crippen LogP contribution is -2.50. The van der Waals surface area contributed by atoms with Gasteiger partial charge in [-0.15, -0.1) is 23.5 Å². The molecule has 0 aromatic heterocycles. The van der Waals surface area contributed by atoms with Crippen LogP contribution in [-0.4, -0.2) is 42.1 Å². The van der Waals surface area contributed by atoms with Gasteiger partial charge in [-0.05, 0) is 18.9 Å². The molecule has 150 valence electrons. The first-order valence-electron chi connectivity index (χ1n) is 9.45. The molecule has 1 aromatic rings. The second kappa shape index (κ2) is 10.1. The van der Waals surface area contributed by atoms with E-state index in [0.717, 1.165) is 36.3 Å². The lowest BCUT2D eigenvalue weighted by Gasteiger charge is -2.31. The van der Waals surface area contributed by atoms with E-state index < -0.39 is 24.0 Å². The molecule has 3 rings (SSSR count). The van der Waals surface area contributed by atoms with E-state index in [2.05, 4.69) is 11.4 Å². The van der Waals surface area contributed by atoms with Crippen molar-refractivity contribution in [2.45, 2.75) is 42.2 Å². The molecule has 1 N–H and O–H groups in total. The molecule has 0 unspecified atom stereocenters. The summed E-state index contributed by atoms with van der Waals surface area (Å²) < 4.78 is 11.0. The van der Waals surface area contributed by atoms with E-state index in [1.807, 2.05) is 47.8 Å². The van der Waals surface area contributed by atoms with Gasteiger partial charge in [-0.2, -0.15) is 5.26 Å². The minimum atomic E-state index is -0.826. The molecule has 1 aliphatic heterocycles. The van der Waals surface area contributed by atoms with Crippen molar-refractivity contribution in [3.05, 3.63) is 29.8 Å². The van der Waals surface area contributed by atoms with Crippen LogP contribution in [0.1, 0.15) is 42.2 Å². The van der Waals surface area contributed by atoms with E-state index in [1.165, 1.54) is 0 Å². The maximum Gasteiger partial charge on any atom is 0.344 e. The van der Waals surface area contributed by atoms with Crippen molar-refractivity contribution in [3.63, 3.8) is 0 Å². The summed E-state index contributed by atoms with van der Waals surface area (Å²) in [7, 11) is 0. The Labute approximate surface area is 173 Å². The maximum atomic E-state index is 12.1. The molecule has 1 amide bonds. The fourth-order valence-corrected chi connectivity index (χ4v) is 6.30. The molecule has 1 saturated carbocycles. The molecule has 0 atom stereocenters. The van der Waals surface area contributed by atoms with E-state index in [4.69, 9.17) is 9.47 Å². The molecule has 1 heterocycles. The fraction of sp³-hybridized carbons (Fsp3) is 0.550. The standard InChI is InChI=1S/C20H24N2O4S2/c21-14-20(8-4-1-5-9-20)22-17(23)12-26-18(24)13-25-16-7-3-2-6-15(16)19-27-10-11-28-19/h2-3,6-7,19H,1,4-5,8-13H2,(H,22,23). The number of nitriles is 1. The average Bonchev–Trinajstić information content (AvgIpc) is 3.26. The Morgan fingerprint density at radius 1 is 1.14 bits per heavy atom. The summed E-state index contributed by atoms with van der Waals surface area (Å²) in [6.07, 6.45) is 4.18. The summed E-state index contributed by atoms with van der Waals surface area (Å²) in [5.74, 6) is 1.82. The van der Waals surface area contributed by atoms with Crippen LogP contribution in [0.15, 0.2) is 24.3 Å². The highest BCUT2D eigenvalue weighted by atomic mass is 32.2. The number of thioether (sulfide) groups is 2. The van der Waals surface area contributed by atoms with E-state index in [0.29, 0.717) is 23.2 Å². The van der Waals surface area contributed by atoms with Gasteiger partial charge in [0.15, 0.2) is 13.2 Å². The van der Waals surface area contributed by atoms with Gasteiger partial charge in [0.2, 0.25) is 0 Å². The molecule has 1 saturated heterocycles. The van der Waals surface area contributed by atoms with Crippen LogP contribution in [0.5, 0.6) is 5.75 Å². The van der Waals surface area contributed by atoms with Crippen molar-refractivity contribution < 1.29 is 19.1 Å². The molecule has 0 radical (unpaired) electrons. The van der Waals surface area contributed by atoms with E-state index >= 15 is 0 Å². The molecular formula is C20H24N2O4S2. The smallest absolute Gasteiger partial charge is 0.344 e. The summed E-state index contributed by atoms with van der Waals surface area (Å²) in [5.41, 5.74) is 0.238. The van der Waals surface area contributed by atoms with Gasteiger partial charge in [-0.1, -0.05) is 37.5 Å². The predicted octanol–water partition coefficient (Wildman–Crippen LogP) is 3.43. The number of nitrogens with one attached hydrogen (secondary N) is 1. The molecule has 8 heteroatoms. The minimum Gasteiger partial charge on any atom is -0.482 e. The molecule has 28 heavy (non-hydrogen) atoms. The van der Waals surface area contributed by atoms with Gasteiger partial charge in [-0.3, -0.25) is 4.79 Å². The number of hydrogen-bond acceptors (Lipinski definition) is 7. The Bertz CT molecular complexity index is 738. The second-order valence-corrected chi connectivity index (χ2v) is 9.59. The van der Waals surface area contributed by atoms with Crippen LogP contribution in [0.3, 0.4) is 0 Å². The van der Waals surface area contributed by atoms with E-state index in [9.17, 15) is 14.9 Å². The Balaban J connectivity index is 1.45. The number of nitrogens with zero attached hydrogens (tertiary/aromatic N) is 1. The first-order valence-corrected chi connectivity index (χ1v) is 11.5. The highest BCUT2D eigenvalue weighted by Gasteiger charge is 2.33. The number of esters is 1. The molecule has 1 aliphatic carbocycles. The summed E-state index contributed by atoms with van der Waals surface area (Å²) in [6, 6.07) is 9.89. The summed E-state index contributed by atoms with van der Waals surface area (Å²) in [4.78, 5) is 24.1. The number of carbonyl (C=O) groups excluding carboxylic acids is 2. The van der Waals surface area contributed by atoms with Gasteiger partial charge in [0.25, 0.3) is 5.91 Å². The summed E-state index contributed by atoms with van der Waals surface area (Å²) in [6.45, 7) is -0.655. The third-order valence-corrected chi connectivity index (χ3v) is 7.87. The highest BCUT2D eigenvalue weighted by molar-refractivity contribution is 8.19. The number of hydrogen-bond donors (Lipinski definition) is 1. The van der Waals surface area contributed by atoms with Crippen LogP contribution in [0, 0.1) is 11.3 Å². The maximum absolute atomic E-state index is 12.1. The third kappa shape index (κ3) is 5.58. The molecule has 2 fully saturated rings. The Kier molecular flexibility index (Phi) is 7.51. The monoisotopic (exact) mass is 420 g/mol. The van der Waals surface area contributed by atoms with E-state index in [1.54, 1.807) is 0 Å². The molecular weight excluding hydrogens is 396 g/mol. The molecule has 2 aliphatic rings. The zero-order chi connectivity index (χ0) is 19.8. The van der Waals surface area contributed by atoms with Gasteiger partial charge in [0.05, 0.1) is 10.7 Å². The third-order valence-electron chi connectivity index (χ3n) is 4.80. The summed E-state index contributed by atoms with van der Waals surface area (Å²) in [5, 5.41) is 12.1. The molecule has 1 aromatic carbocycles. The lowest BCUT2D eigenvalue weighted by atomic mass is 9.83. The zero-order valence-corrected chi connectivity index (χ0v) is 17.3. The van der Waals surface area contributed by atoms with Crippen LogP contribution >= 0.6 is 23.5 Å². The van der Waals surface area contributed by atoms with Crippen molar-refractivity contribution in [2.75, 3.05) is 24.7 Å². The van der Waals surface area contributed by atoms with Crippen molar-refractivity contribution in [3.8, 4) is 11.8 Å². The van der Waals surface area contributed by atoms with Crippen molar-refractivity contribution in [1.82, 2.24) is 5.32 Å². The number of carbonyl (C=O) groups is 2. The van der Waals surface area contributed by atoms with Gasteiger partial charge in [0.1, 0.15) is 11.3 Å². The number of para-hydroxylation sites is 1. The Morgan fingerprint density at radius 3 is 2.57 bits per heavy atom. The van der Waals surface area contributed by atoms with Crippen molar-refractivity contribution in [2.24, 2.45) is 0 Å². The Hall–Kier alpha value is -1.85. The Morgan fingerprint density at radius 2 is 1.86 bits per heavy atom. The lowest BCUT2D eigenvalue weighted by molar-refractivity contribution is -0.150. The van der Waals surface area contributed by atoms with Crippen LogP contribution < -0.4 is 10.1 Å². The molecule has 6 nitrogen and oxygen atoms in total. The summed E-state index contributed by atoms with van der Waals surface area (Å²) >= 11 is 3.73. The highest BCUT2D eigenvalue weighted by Crippen LogP contribution is 2.48. The SMILES string of the molecule is N#CC1(NC(=O)COC(=O)COc2ccccc2C2SCCS2)CCCCC1. The molecule has 0 spiro atoms. The largest absolute Gasteiger partial charge is 0.482 e. The fourth-order valence-electron chi connectivity index (χ4n) is 3.39.